The lowest BCUT2D eigenvalue weighted by Crippen LogP contribution is -2.50. The molecule has 4 aliphatic carbocycles. The summed E-state index contributed by atoms with van der Waals surface area (Å²) in [5.41, 5.74) is 12.4. The van der Waals surface area contributed by atoms with E-state index >= 15 is 0 Å². The minimum atomic E-state index is -0.786. The Morgan fingerprint density at radius 1 is 0.507 bits per heavy atom. The minimum absolute atomic E-state index is 0.0138. The van der Waals surface area contributed by atoms with E-state index in [1.54, 1.807) is 0 Å². The Balaban J connectivity index is 0.000000122. The summed E-state index contributed by atoms with van der Waals surface area (Å²) < 4.78 is 36.8. The fourth-order valence-electron chi connectivity index (χ4n) is 10.9. The predicted molar refractivity (Wildman–Crippen MR) is 205 cm³/mol. The van der Waals surface area contributed by atoms with Gasteiger partial charge in [-0.3, -0.25) is 57.5 Å². The van der Waals surface area contributed by atoms with Crippen LogP contribution in [0, 0.1) is 82.9 Å². The van der Waals surface area contributed by atoms with Gasteiger partial charge in [-0.05, 0) is 62.1 Å². The number of anilines is 2. The Bertz CT molecular complexity index is 2340. The molecule has 24 nitrogen and oxygen atoms in total. The minimum Gasteiger partial charge on any atom is -0.459 e. The summed E-state index contributed by atoms with van der Waals surface area (Å²) >= 11 is 0. The molecule has 6 aliphatic heterocycles. The van der Waals surface area contributed by atoms with Gasteiger partial charge >= 0.3 is 83.6 Å². The summed E-state index contributed by atoms with van der Waals surface area (Å²) in [6.45, 7) is 4.88. The van der Waals surface area contributed by atoms with Crippen LogP contribution in [-0.4, -0.2) is 96.8 Å². The van der Waals surface area contributed by atoms with E-state index in [0.717, 1.165) is 0 Å². The second-order valence-corrected chi connectivity index (χ2v) is 17.4. The number of hydrogen-bond acceptors (Lipinski definition) is 24. The molecule has 6 saturated heterocycles. The van der Waals surface area contributed by atoms with E-state index in [1.807, 2.05) is 0 Å². The predicted octanol–water partition coefficient (Wildman–Crippen LogP) is -1.17. The number of esters is 14. The zero-order valence-corrected chi connectivity index (χ0v) is 34.9. The first-order valence-corrected chi connectivity index (χ1v) is 20.8. The zero-order valence-electron chi connectivity index (χ0n) is 34.9. The van der Waals surface area contributed by atoms with E-state index in [0.29, 0.717) is 30.6 Å². The van der Waals surface area contributed by atoms with E-state index in [-0.39, 0.29) is 42.6 Å². The first-order chi connectivity index (χ1) is 31.7. The number of fused-ring (bicyclic) bond motifs is 18. The van der Waals surface area contributed by atoms with Crippen LogP contribution in [0.2, 0.25) is 0 Å². The number of hydrogen-bond donors (Lipinski definition) is 2. The highest BCUT2D eigenvalue weighted by Gasteiger charge is 2.73. The van der Waals surface area contributed by atoms with E-state index in [9.17, 15) is 67.1 Å². The molecule has 0 spiro atoms. The number of nitrogen functional groups attached to an aromatic ring is 2. The lowest BCUT2D eigenvalue weighted by atomic mass is 9.59. The first kappa shape index (κ1) is 45.9. The molecule has 4 saturated carbocycles. The van der Waals surface area contributed by atoms with Crippen molar-refractivity contribution in [2.45, 2.75) is 32.6 Å². The van der Waals surface area contributed by atoms with Crippen LogP contribution in [0.15, 0.2) is 30.4 Å². The third-order valence-electron chi connectivity index (χ3n) is 13.7. The number of cyclic esters (lactones) is 12. The number of carbonyl (C=O) groups is 14. The molecule has 1 aromatic rings. The number of rotatable bonds is 5. The largest absolute Gasteiger partial charge is 0.459 e. The van der Waals surface area contributed by atoms with Gasteiger partial charge in [0.1, 0.15) is 13.2 Å². The van der Waals surface area contributed by atoms with Crippen LogP contribution in [0.1, 0.15) is 43.0 Å². The molecular weight excluding hydrogens is 896 g/mol. The summed E-state index contributed by atoms with van der Waals surface area (Å²) in [6.07, 6.45) is 1.15. The monoisotopic (exact) mass is 934 g/mol. The number of benzene rings is 1. The highest BCUT2D eigenvalue weighted by Crippen LogP contribution is 2.61. The maximum absolute atomic E-state index is 11.7. The van der Waals surface area contributed by atoms with Gasteiger partial charge in [0.15, 0.2) is 0 Å². The highest BCUT2D eigenvalue weighted by molar-refractivity contribution is 6.10. The second-order valence-electron chi connectivity index (χ2n) is 17.4. The maximum atomic E-state index is 11.7. The standard InChI is InChI=1S/C13H16N2O4.C12H10O6.C10H8O6.C8H4O6/c1-8(2)12(16)18-3-4-19-13(17)9-5-10(14)7-11(15)6-9;13-9-3-1-4(10(14)17-9)8-6-2-5(7(3)8)11(15)18-12(6)16;11-6-2-3-4-1-5(7(3)10(14)15-6)9(13)16-8(4)12;9-5-1-2(6(10)13-5)4-3(1)7(11)14-8(4)12/h5-7H,1,3-4,14-15H2,2H3;3-8H,1-2H2;3-5,7H,1-2H2;1-4H. The van der Waals surface area contributed by atoms with Gasteiger partial charge in [0.2, 0.25) is 0 Å². The Labute approximate surface area is 375 Å². The average Bonchev–Trinajstić information content (AvgIpc) is 3.98. The average molecular weight is 935 g/mol. The van der Waals surface area contributed by atoms with Crippen LogP contribution in [0.4, 0.5) is 11.4 Å². The van der Waals surface area contributed by atoms with Crippen molar-refractivity contribution >= 4 is 94.9 Å². The molecule has 24 heteroatoms. The van der Waals surface area contributed by atoms with Gasteiger partial charge in [0.05, 0.1) is 77.1 Å². The van der Waals surface area contributed by atoms with Crippen LogP contribution in [0.25, 0.3) is 0 Å². The topological polar surface area (TPSA) is 365 Å². The van der Waals surface area contributed by atoms with Crippen LogP contribution < -0.4 is 11.5 Å². The Morgan fingerprint density at radius 2 is 0.866 bits per heavy atom. The summed E-state index contributed by atoms with van der Waals surface area (Å²) in [6, 6.07) is 4.45. The molecule has 0 aromatic heterocycles. The molecule has 67 heavy (non-hydrogen) atoms. The molecule has 8 atom stereocenters. The fourth-order valence-corrected chi connectivity index (χ4v) is 10.9. The smallest absolute Gasteiger partial charge is 0.338 e. The summed E-state index contributed by atoms with van der Waals surface area (Å²) in [5.74, 6) is -16.3. The summed E-state index contributed by atoms with van der Waals surface area (Å²) in [5, 5.41) is 0. The SMILES string of the molecule is C=C(C)C(=O)OCCOC(=O)c1cc(N)cc(N)c1.O=C1CC2C3CC(C(=O)OC3=O)C2C(=O)O1.O=C1OC(=O)C2C1C1C(=O)OC(=O)C21.O=C1OC(=O)C2CC1C1C3CC(C(=O)OC3=O)C21. The summed E-state index contributed by atoms with van der Waals surface area (Å²) in [7, 11) is 0. The number of nitrogens with two attached hydrogens (primary N) is 2. The van der Waals surface area contributed by atoms with Crippen molar-refractivity contribution in [3.05, 3.63) is 35.9 Å². The van der Waals surface area contributed by atoms with Crippen molar-refractivity contribution < 1.29 is 105 Å². The molecule has 6 bridgehead atoms. The van der Waals surface area contributed by atoms with Gasteiger partial charge in [0.25, 0.3) is 0 Å². The highest BCUT2D eigenvalue weighted by atomic mass is 16.6. The summed E-state index contributed by atoms with van der Waals surface area (Å²) in [4.78, 5) is 159. The van der Waals surface area contributed by atoms with E-state index < -0.39 is 155 Å². The second kappa shape index (κ2) is 17.3. The van der Waals surface area contributed by atoms with Crippen LogP contribution in [-0.2, 0) is 100 Å². The van der Waals surface area contributed by atoms with E-state index in [1.165, 1.54) is 25.1 Å². The van der Waals surface area contributed by atoms with Gasteiger partial charge in [-0.25, -0.2) is 9.59 Å². The van der Waals surface area contributed by atoms with Crippen molar-refractivity contribution in [3.8, 4) is 0 Å². The lowest BCUT2D eigenvalue weighted by Gasteiger charge is -2.33. The molecule has 0 amide bonds. The molecule has 1 aromatic carbocycles. The molecular formula is C43H38N2O22. The van der Waals surface area contributed by atoms with Gasteiger partial charge in [0, 0.05) is 16.9 Å². The molecule has 0 radical (unpaired) electrons. The van der Waals surface area contributed by atoms with Crippen molar-refractivity contribution in [1.82, 2.24) is 0 Å². The number of carbonyl (C=O) groups excluding carboxylic acids is 14. The Hall–Kier alpha value is -7.66. The molecule has 6 heterocycles. The maximum Gasteiger partial charge on any atom is 0.338 e. The van der Waals surface area contributed by atoms with Gasteiger partial charge < -0.3 is 49.4 Å². The number of ether oxygens (including phenoxy) is 8. The quantitative estimate of drug-likeness (QED) is 0.0668. The van der Waals surface area contributed by atoms with Crippen LogP contribution in [0.5, 0.6) is 0 Å². The Kier molecular flexibility index (Phi) is 11.8. The third-order valence-corrected chi connectivity index (χ3v) is 13.7. The Morgan fingerprint density at radius 3 is 1.30 bits per heavy atom. The van der Waals surface area contributed by atoms with Crippen molar-refractivity contribution in [1.29, 1.82) is 0 Å². The normalized spacial score (nSPS) is 35.0. The van der Waals surface area contributed by atoms with Crippen molar-refractivity contribution in [2.75, 3.05) is 24.7 Å². The molecule has 8 unspecified atom stereocenters. The van der Waals surface area contributed by atoms with E-state index in [2.05, 4.69) is 25.5 Å². The van der Waals surface area contributed by atoms with Crippen molar-refractivity contribution in [3.63, 3.8) is 0 Å². The third kappa shape index (κ3) is 8.09. The van der Waals surface area contributed by atoms with Gasteiger partial charge in [-0.15, -0.1) is 0 Å². The van der Waals surface area contributed by atoms with Crippen molar-refractivity contribution in [2.24, 2.45) is 82.9 Å². The molecule has 11 rings (SSSR count). The molecule has 10 fully saturated rings. The van der Waals surface area contributed by atoms with Gasteiger partial charge in [-0.2, -0.15) is 0 Å². The zero-order chi connectivity index (χ0) is 48.5. The van der Waals surface area contributed by atoms with E-state index in [4.69, 9.17) is 30.4 Å². The molecule has 10 aliphatic rings. The first-order valence-electron chi connectivity index (χ1n) is 20.8. The van der Waals surface area contributed by atoms with Crippen LogP contribution >= 0.6 is 0 Å². The molecule has 352 valence electrons. The molecule has 4 N–H and O–H groups in total. The lowest BCUT2D eigenvalue weighted by molar-refractivity contribution is -0.175. The fraction of sp³-hybridized carbons (Fsp3) is 0.488. The van der Waals surface area contributed by atoms with Crippen LogP contribution in [0.3, 0.4) is 0 Å². The van der Waals surface area contributed by atoms with Gasteiger partial charge in [-0.1, -0.05) is 6.58 Å².